The summed E-state index contributed by atoms with van der Waals surface area (Å²) in [6.07, 6.45) is -3.93. The van der Waals surface area contributed by atoms with Crippen molar-refractivity contribution in [2.24, 2.45) is 0 Å². The molecule has 2 amide bonds. The zero-order chi connectivity index (χ0) is 20.0. The van der Waals surface area contributed by atoms with E-state index in [0.717, 1.165) is 17.2 Å². The fourth-order valence-electron chi connectivity index (χ4n) is 1.98. The van der Waals surface area contributed by atoms with Gasteiger partial charge in [0, 0.05) is 24.9 Å². The lowest BCUT2D eigenvalue weighted by atomic mass is 10.3. The number of nitrogens with one attached hydrogen (secondary N) is 1. The maximum atomic E-state index is 13.1. The smallest absolute Gasteiger partial charge is 0.416 e. The fourth-order valence-corrected chi connectivity index (χ4v) is 1.98. The van der Waals surface area contributed by atoms with E-state index < -0.39 is 30.7 Å². The summed E-state index contributed by atoms with van der Waals surface area (Å²) in [7, 11) is 0. The highest BCUT2D eigenvalue weighted by molar-refractivity contribution is 5.88. The molecule has 0 aliphatic rings. The number of pyridine rings is 2. The Balaban J connectivity index is 2.04. The molecule has 2 N–H and O–H groups in total. The predicted octanol–water partition coefficient (Wildman–Crippen LogP) is 3.19. The molecule has 0 saturated heterocycles. The Morgan fingerprint density at radius 1 is 1.33 bits per heavy atom. The normalized spacial score (nSPS) is 12.4. The summed E-state index contributed by atoms with van der Waals surface area (Å²) < 4.78 is 55.9. The molecule has 0 aliphatic carbocycles. The first kappa shape index (κ1) is 20.4. The molecular formula is C16H16F4N4O3. The number of ether oxygens (including phenoxy) is 1. The van der Waals surface area contributed by atoms with Crippen LogP contribution in [0.5, 0.6) is 11.5 Å². The van der Waals surface area contributed by atoms with Gasteiger partial charge in [-0.2, -0.15) is 13.2 Å². The highest BCUT2D eigenvalue weighted by Crippen LogP contribution is 2.23. The van der Waals surface area contributed by atoms with Crippen molar-refractivity contribution in [3.05, 3.63) is 42.6 Å². The van der Waals surface area contributed by atoms with Gasteiger partial charge >= 0.3 is 12.2 Å². The highest BCUT2D eigenvalue weighted by atomic mass is 19.4. The lowest BCUT2D eigenvalue weighted by Gasteiger charge is -2.25. The molecule has 1 atom stereocenters. The first-order valence-corrected chi connectivity index (χ1v) is 7.74. The van der Waals surface area contributed by atoms with Crippen LogP contribution in [0.4, 0.5) is 28.2 Å². The predicted molar refractivity (Wildman–Crippen MR) is 86.8 cm³/mol. The molecule has 2 aromatic rings. The van der Waals surface area contributed by atoms with Gasteiger partial charge < -0.3 is 14.7 Å². The molecule has 0 radical (unpaired) electrons. The van der Waals surface area contributed by atoms with Crippen LogP contribution >= 0.6 is 0 Å². The molecule has 0 bridgehead atoms. The number of halogens is 4. The molecule has 0 aromatic carbocycles. The summed E-state index contributed by atoms with van der Waals surface area (Å²) in [5.41, 5.74) is 0. The number of carbonyl (C=O) groups is 1. The van der Waals surface area contributed by atoms with E-state index in [1.165, 1.54) is 31.5 Å². The van der Waals surface area contributed by atoms with Gasteiger partial charge in [-0.3, -0.25) is 10.3 Å². The van der Waals surface area contributed by atoms with E-state index in [0.29, 0.717) is 0 Å². The van der Waals surface area contributed by atoms with Crippen LogP contribution in [0.1, 0.15) is 6.92 Å². The van der Waals surface area contributed by atoms with Crippen LogP contribution in [0.3, 0.4) is 0 Å². The summed E-state index contributed by atoms with van der Waals surface area (Å²) in [4.78, 5) is 20.4. The van der Waals surface area contributed by atoms with Gasteiger partial charge in [-0.05, 0) is 13.0 Å². The van der Waals surface area contributed by atoms with Crippen molar-refractivity contribution < 1.29 is 32.2 Å². The zero-order valence-electron chi connectivity index (χ0n) is 14.1. The summed E-state index contributed by atoms with van der Waals surface area (Å²) >= 11 is 0. The number of aliphatic hydroxyl groups excluding tert-OH is 1. The van der Waals surface area contributed by atoms with Crippen molar-refractivity contribution in [1.82, 2.24) is 14.9 Å². The van der Waals surface area contributed by atoms with Crippen LogP contribution in [0.2, 0.25) is 0 Å². The number of likely N-dealkylation sites (N-methyl/N-ethyl adjacent to an activating group) is 1. The Bertz CT molecular complexity index is 788. The molecule has 2 rings (SSSR count). The molecule has 0 unspecified atom stereocenters. The quantitative estimate of drug-likeness (QED) is 0.743. The average molecular weight is 388 g/mol. The first-order valence-electron chi connectivity index (χ1n) is 7.74. The number of carbonyl (C=O) groups excluding carboxylic acids is 1. The molecule has 0 saturated carbocycles. The number of anilines is 1. The number of nitrogens with zero attached hydrogens (tertiary/aromatic N) is 3. The Morgan fingerprint density at radius 3 is 2.70 bits per heavy atom. The molecule has 0 spiro atoms. The van der Waals surface area contributed by atoms with Gasteiger partial charge in [0.1, 0.15) is 23.1 Å². The number of hydrogen-bond acceptors (Lipinski definition) is 5. The number of aliphatic hydroxyl groups is 1. The second-order valence-corrected chi connectivity index (χ2v) is 5.34. The minimum Gasteiger partial charge on any atom is -0.455 e. The van der Waals surface area contributed by atoms with Crippen LogP contribution in [0.15, 0.2) is 36.8 Å². The molecule has 2 heterocycles. The third-order valence-electron chi connectivity index (χ3n) is 3.32. The molecule has 11 heteroatoms. The summed E-state index contributed by atoms with van der Waals surface area (Å²) in [5.74, 6) is -0.285. The number of alkyl halides is 3. The van der Waals surface area contributed by atoms with E-state index in [-0.39, 0.29) is 23.9 Å². The largest absolute Gasteiger partial charge is 0.455 e. The Labute approximate surface area is 151 Å². The summed E-state index contributed by atoms with van der Waals surface area (Å²) in [5, 5.41) is 11.4. The molecule has 0 fully saturated rings. The Kier molecular flexibility index (Phi) is 6.50. The molecule has 0 aliphatic heterocycles. The second kappa shape index (κ2) is 8.62. The van der Waals surface area contributed by atoms with Gasteiger partial charge in [0.25, 0.3) is 0 Å². The number of amides is 2. The minimum absolute atomic E-state index is 0.00168. The van der Waals surface area contributed by atoms with Crippen LogP contribution in [0, 0.1) is 5.82 Å². The number of hydrogen-bond donors (Lipinski definition) is 2. The standard InChI is InChI=1S/C16H16F4N4O3/c1-2-24(9-13(25)16(18,19)20)15(26)23-14-6-11(3-4-22-14)27-12-5-10(17)7-21-8-12/h3-8,13,25H,2,9H2,1H3,(H,22,23,26)/t13-/m1/s1. The van der Waals surface area contributed by atoms with Crippen LogP contribution in [-0.4, -0.2) is 51.4 Å². The van der Waals surface area contributed by atoms with Gasteiger partial charge in [-0.25, -0.2) is 14.2 Å². The van der Waals surface area contributed by atoms with E-state index in [1.807, 2.05) is 0 Å². The van der Waals surface area contributed by atoms with E-state index in [2.05, 4.69) is 15.3 Å². The highest BCUT2D eigenvalue weighted by Gasteiger charge is 2.39. The van der Waals surface area contributed by atoms with Gasteiger partial charge in [0.2, 0.25) is 0 Å². The SMILES string of the molecule is CCN(C[C@@H](O)C(F)(F)F)C(=O)Nc1cc(Oc2cncc(F)c2)ccn1. The molecule has 27 heavy (non-hydrogen) atoms. The lowest BCUT2D eigenvalue weighted by molar-refractivity contribution is -0.206. The molecule has 2 aromatic heterocycles. The average Bonchev–Trinajstić information content (AvgIpc) is 2.58. The maximum Gasteiger partial charge on any atom is 0.416 e. The van der Waals surface area contributed by atoms with Crippen molar-refractivity contribution in [3.63, 3.8) is 0 Å². The van der Waals surface area contributed by atoms with Gasteiger partial charge in [-0.15, -0.1) is 0 Å². The number of urea groups is 1. The number of rotatable bonds is 6. The van der Waals surface area contributed by atoms with Gasteiger partial charge in [0.05, 0.1) is 18.9 Å². The van der Waals surface area contributed by atoms with Crippen molar-refractivity contribution >= 4 is 11.8 Å². The fraction of sp³-hybridized carbons (Fsp3) is 0.312. The maximum absolute atomic E-state index is 13.1. The first-order chi connectivity index (χ1) is 12.7. The summed E-state index contributed by atoms with van der Waals surface area (Å²) in [6, 6.07) is 2.96. The Morgan fingerprint density at radius 2 is 2.07 bits per heavy atom. The Hall–Kier alpha value is -2.95. The third-order valence-corrected chi connectivity index (χ3v) is 3.32. The van der Waals surface area contributed by atoms with Crippen molar-refractivity contribution in [2.45, 2.75) is 19.2 Å². The van der Waals surface area contributed by atoms with Gasteiger partial charge in [0.15, 0.2) is 6.10 Å². The molecular weight excluding hydrogens is 372 g/mol. The van der Waals surface area contributed by atoms with Crippen molar-refractivity contribution in [1.29, 1.82) is 0 Å². The monoisotopic (exact) mass is 388 g/mol. The summed E-state index contributed by atoms with van der Waals surface area (Å²) in [6.45, 7) is 0.480. The van der Waals surface area contributed by atoms with Crippen LogP contribution in [0.25, 0.3) is 0 Å². The number of aromatic nitrogens is 2. The van der Waals surface area contributed by atoms with E-state index >= 15 is 0 Å². The molecule has 7 nitrogen and oxygen atoms in total. The van der Waals surface area contributed by atoms with E-state index in [9.17, 15) is 22.4 Å². The lowest BCUT2D eigenvalue weighted by Crippen LogP contribution is -2.45. The van der Waals surface area contributed by atoms with Gasteiger partial charge in [-0.1, -0.05) is 0 Å². The second-order valence-electron chi connectivity index (χ2n) is 5.34. The van der Waals surface area contributed by atoms with Crippen LogP contribution in [-0.2, 0) is 0 Å². The minimum atomic E-state index is -4.83. The van der Waals surface area contributed by atoms with E-state index in [4.69, 9.17) is 9.84 Å². The molecule has 146 valence electrons. The van der Waals surface area contributed by atoms with Crippen LogP contribution < -0.4 is 10.1 Å². The van der Waals surface area contributed by atoms with Crippen molar-refractivity contribution in [3.8, 4) is 11.5 Å². The third kappa shape index (κ3) is 6.06. The topological polar surface area (TPSA) is 87.6 Å². The van der Waals surface area contributed by atoms with E-state index in [1.54, 1.807) is 0 Å². The zero-order valence-corrected chi connectivity index (χ0v) is 14.1. The van der Waals surface area contributed by atoms with Crippen molar-refractivity contribution in [2.75, 3.05) is 18.4 Å².